The van der Waals surface area contributed by atoms with Crippen molar-refractivity contribution < 1.29 is 17.9 Å². The van der Waals surface area contributed by atoms with Gasteiger partial charge >= 0.3 is 0 Å². The first-order valence-electron chi connectivity index (χ1n) is 10.4. The van der Waals surface area contributed by atoms with Gasteiger partial charge in [-0.15, -0.1) is 0 Å². The zero-order valence-electron chi connectivity index (χ0n) is 17.5. The van der Waals surface area contributed by atoms with E-state index in [1.165, 1.54) is 24.3 Å². The molecule has 0 bridgehead atoms. The number of nitrogens with zero attached hydrogens (tertiary/aromatic N) is 1. The maximum atomic E-state index is 12.6. The van der Waals surface area contributed by atoms with E-state index in [-0.39, 0.29) is 22.9 Å². The van der Waals surface area contributed by atoms with Gasteiger partial charge in [-0.05, 0) is 68.7 Å². The molecule has 2 aromatic carbocycles. The highest BCUT2D eigenvalue weighted by Crippen LogP contribution is 2.28. The average Bonchev–Trinajstić information content (AvgIpc) is 3.43. The summed E-state index contributed by atoms with van der Waals surface area (Å²) in [4.78, 5) is 20.6. The summed E-state index contributed by atoms with van der Waals surface area (Å²) in [6.07, 6.45) is 2.66. The number of nitrogens with one attached hydrogen (secondary N) is 3. The molecule has 1 saturated heterocycles. The highest BCUT2D eigenvalue weighted by molar-refractivity contribution is 7.89. The van der Waals surface area contributed by atoms with E-state index in [1.54, 1.807) is 13.0 Å². The van der Waals surface area contributed by atoms with Gasteiger partial charge in [-0.2, -0.15) is 0 Å². The summed E-state index contributed by atoms with van der Waals surface area (Å²) in [5.74, 6) is 0.482. The van der Waals surface area contributed by atoms with E-state index in [4.69, 9.17) is 4.74 Å². The van der Waals surface area contributed by atoms with Crippen molar-refractivity contribution in [3.8, 4) is 0 Å². The number of imidazole rings is 1. The predicted octanol–water partition coefficient (Wildman–Crippen LogP) is 3.74. The van der Waals surface area contributed by atoms with E-state index in [2.05, 4.69) is 20.0 Å². The molecule has 2 atom stereocenters. The quantitative estimate of drug-likeness (QED) is 0.516. The van der Waals surface area contributed by atoms with Gasteiger partial charge in [0.2, 0.25) is 10.0 Å². The van der Waals surface area contributed by atoms with Crippen LogP contribution in [-0.4, -0.2) is 36.9 Å². The lowest BCUT2D eigenvalue weighted by molar-refractivity contribution is 0.102. The number of carbonyl (C=O) groups excluding carboxylic acids is 1. The van der Waals surface area contributed by atoms with E-state index in [1.807, 2.05) is 19.1 Å². The van der Waals surface area contributed by atoms with E-state index in [0.717, 1.165) is 36.3 Å². The Hall–Kier alpha value is -2.75. The fourth-order valence-electron chi connectivity index (χ4n) is 3.46. The van der Waals surface area contributed by atoms with Crippen molar-refractivity contribution in [1.82, 2.24) is 14.7 Å². The molecule has 4 rings (SSSR count). The number of hydrogen-bond donors (Lipinski definition) is 3. The molecule has 1 amide bonds. The van der Waals surface area contributed by atoms with Crippen molar-refractivity contribution in [2.24, 2.45) is 0 Å². The third-order valence-electron chi connectivity index (χ3n) is 5.39. The Morgan fingerprint density at radius 1 is 1.26 bits per heavy atom. The Labute approximate surface area is 181 Å². The Bertz CT molecular complexity index is 1180. The van der Waals surface area contributed by atoms with Gasteiger partial charge in [0.15, 0.2) is 0 Å². The number of aromatic amines is 1. The number of fused-ring (bicyclic) bond motifs is 1. The molecule has 3 aromatic rings. The van der Waals surface area contributed by atoms with Crippen molar-refractivity contribution in [2.75, 3.05) is 11.9 Å². The fraction of sp³-hybridized carbons (Fsp3) is 0.364. The molecule has 1 aliphatic rings. The summed E-state index contributed by atoms with van der Waals surface area (Å²) in [5, 5.41) is 2.85. The molecule has 164 valence electrons. The lowest BCUT2D eigenvalue weighted by atomic mass is 10.2. The van der Waals surface area contributed by atoms with Crippen LogP contribution < -0.4 is 10.0 Å². The summed E-state index contributed by atoms with van der Waals surface area (Å²) >= 11 is 0. The Balaban J connectivity index is 1.47. The number of benzene rings is 2. The third kappa shape index (κ3) is 4.79. The van der Waals surface area contributed by atoms with E-state index < -0.39 is 10.0 Å². The van der Waals surface area contributed by atoms with Gasteiger partial charge in [-0.25, -0.2) is 18.1 Å². The maximum Gasteiger partial charge on any atom is 0.255 e. The number of sulfonamides is 1. The van der Waals surface area contributed by atoms with Gasteiger partial charge in [-0.3, -0.25) is 4.79 Å². The van der Waals surface area contributed by atoms with Crippen LogP contribution in [-0.2, 0) is 14.8 Å². The summed E-state index contributed by atoms with van der Waals surface area (Å²) in [5.41, 5.74) is 2.62. The van der Waals surface area contributed by atoms with Crippen molar-refractivity contribution in [3.63, 3.8) is 0 Å². The fourth-order valence-corrected chi connectivity index (χ4v) is 4.78. The number of carbonyl (C=O) groups is 1. The number of anilines is 1. The standard InChI is InChI=1S/C22H26N4O4S/c1-3-14(2)26-31(28,29)17-9-6-15(7-10-17)22(27)23-16-8-11-18-19(13-16)25-21(24-18)20-5-4-12-30-20/h6-11,13-14,20,26H,3-5,12H2,1-2H3,(H,23,27)(H,24,25). The minimum Gasteiger partial charge on any atom is -0.370 e. The van der Waals surface area contributed by atoms with Crippen LogP contribution >= 0.6 is 0 Å². The van der Waals surface area contributed by atoms with Crippen LogP contribution in [0.15, 0.2) is 47.4 Å². The largest absolute Gasteiger partial charge is 0.370 e. The van der Waals surface area contributed by atoms with Crippen LogP contribution in [0.4, 0.5) is 5.69 Å². The molecule has 1 fully saturated rings. The number of amides is 1. The Morgan fingerprint density at radius 2 is 2.03 bits per heavy atom. The van der Waals surface area contributed by atoms with Crippen molar-refractivity contribution in [2.45, 2.75) is 50.2 Å². The minimum atomic E-state index is -3.61. The highest BCUT2D eigenvalue weighted by atomic mass is 32.2. The lowest BCUT2D eigenvalue weighted by Crippen LogP contribution is -2.32. The van der Waals surface area contributed by atoms with Gasteiger partial charge in [0.1, 0.15) is 11.9 Å². The second-order valence-corrected chi connectivity index (χ2v) is 9.48. The van der Waals surface area contributed by atoms with Crippen LogP contribution in [0.2, 0.25) is 0 Å². The molecule has 3 N–H and O–H groups in total. The number of aromatic nitrogens is 2. The van der Waals surface area contributed by atoms with Gasteiger partial charge in [-0.1, -0.05) is 6.92 Å². The summed E-state index contributed by atoms with van der Waals surface area (Å²) in [6.45, 7) is 4.46. The molecule has 0 radical (unpaired) electrons. The monoisotopic (exact) mass is 442 g/mol. The molecule has 0 spiro atoms. The van der Waals surface area contributed by atoms with Crippen LogP contribution in [0.5, 0.6) is 0 Å². The summed E-state index contributed by atoms with van der Waals surface area (Å²) in [6, 6.07) is 11.2. The topological polar surface area (TPSA) is 113 Å². The first kappa shape index (κ1) is 21.5. The molecule has 31 heavy (non-hydrogen) atoms. The zero-order valence-corrected chi connectivity index (χ0v) is 18.3. The lowest BCUT2D eigenvalue weighted by Gasteiger charge is -2.12. The third-order valence-corrected chi connectivity index (χ3v) is 6.99. The summed E-state index contributed by atoms with van der Waals surface area (Å²) in [7, 11) is -3.61. The van der Waals surface area contributed by atoms with Crippen LogP contribution in [0.25, 0.3) is 11.0 Å². The van der Waals surface area contributed by atoms with Gasteiger partial charge in [0.25, 0.3) is 5.91 Å². The van der Waals surface area contributed by atoms with Crippen molar-refractivity contribution in [3.05, 3.63) is 53.9 Å². The number of ether oxygens (including phenoxy) is 1. The molecular formula is C22H26N4O4S. The predicted molar refractivity (Wildman–Crippen MR) is 118 cm³/mol. The number of H-pyrrole nitrogens is 1. The molecule has 8 nitrogen and oxygen atoms in total. The minimum absolute atomic E-state index is 0.00459. The first-order chi connectivity index (χ1) is 14.9. The normalized spacial score (nSPS) is 17.7. The smallest absolute Gasteiger partial charge is 0.255 e. The van der Waals surface area contributed by atoms with Crippen molar-refractivity contribution in [1.29, 1.82) is 0 Å². The molecular weight excluding hydrogens is 416 g/mol. The molecule has 0 aliphatic carbocycles. The van der Waals surface area contributed by atoms with Crippen molar-refractivity contribution >= 4 is 32.7 Å². The van der Waals surface area contributed by atoms with E-state index in [9.17, 15) is 13.2 Å². The van der Waals surface area contributed by atoms with Crippen LogP contribution in [0.3, 0.4) is 0 Å². The SMILES string of the molecule is CCC(C)NS(=O)(=O)c1ccc(C(=O)Nc2ccc3nc(C4CCCO4)[nH]c3c2)cc1. The molecule has 0 saturated carbocycles. The van der Waals surface area contributed by atoms with E-state index in [0.29, 0.717) is 17.7 Å². The zero-order chi connectivity index (χ0) is 22.0. The van der Waals surface area contributed by atoms with Gasteiger partial charge in [0, 0.05) is 23.9 Å². The molecule has 1 aromatic heterocycles. The molecule has 2 heterocycles. The van der Waals surface area contributed by atoms with Crippen LogP contribution in [0, 0.1) is 0 Å². The molecule has 9 heteroatoms. The second-order valence-electron chi connectivity index (χ2n) is 7.76. The van der Waals surface area contributed by atoms with E-state index >= 15 is 0 Å². The Kier molecular flexibility index (Phi) is 6.08. The number of hydrogen-bond acceptors (Lipinski definition) is 5. The van der Waals surface area contributed by atoms with Gasteiger partial charge < -0.3 is 15.0 Å². The Morgan fingerprint density at radius 3 is 2.71 bits per heavy atom. The molecule has 1 aliphatic heterocycles. The van der Waals surface area contributed by atoms with Gasteiger partial charge in [0.05, 0.1) is 15.9 Å². The number of rotatable bonds is 7. The molecule has 2 unspecified atom stereocenters. The average molecular weight is 443 g/mol. The maximum absolute atomic E-state index is 12.6. The van der Waals surface area contributed by atoms with Crippen LogP contribution in [0.1, 0.15) is 55.4 Å². The first-order valence-corrected chi connectivity index (χ1v) is 11.9. The summed E-state index contributed by atoms with van der Waals surface area (Å²) < 4.78 is 33.0. The second kappa shape index (κ2) is 8.78. The highest BCUT2D eigenvalue weighted by Gasteiger charge is 2.21.